The zero-order valence-electron chi connectivity index (χ0n) is 9.12. The van der Waals surface area contributed by atoms with Crippen LogP contribution in [0.15, 0.2) is 12.4 Å². The van der Waals surface area contributed by atoms with Crippen molar-refractivity contribution >= 4 is 0 Å². The van der Waals surface area contributed by atoms with Gasteiger partial charge in [0, 0.05) is 31.9 Å². The molecule has 2 N–H and O–H groups in total. The molecular weight excluding hydrogens is 193 g/mol. The summed E-state index contributed by atoms with van der Waals surface area (Å²) in [6, 6.07) is 0. The Morgan fingerprint density at radius 2 is 2.40 bits per heavy atom. The van der Waals surface area contributed by atoms with Gasteiger partial charge in [0.1, 0.15) is 11.5 Å². The number of aromatic nitrogens is 2. The molecule has 0 radical (unpaired) electrons. The fraction of sp³-hybridized carbons (Fsp3) is 0.727. The number of alkyl halides is 1. The molecule has 84 valence electrons. The molecule has 0 bridgehead atoms. The van der Waals surface area contributed by atoms with Crippen LogP contribution in [0, 0.1) is 5.92 Å². The molecule has 1 aromatic rings. The lowest BCUT2D eigenvalue weighted by molar-refractivity contribution is 0.138. The Morgan fingerprint density at radius 3 is 2.93 bits per heavy atom. The van der Waals surface area contributed by atoms with Gasteiger partial charge in [-0.3, -0.25) is 0 Å². The summed E-state index contributed by atoms with van der Waals surface area (Å²) in [4.78, 5) is 4.20. The van der Waals surface area contributed by atoms with Crippen molar-refractivity contribution in [2.45, 2.75) is 38.4 Å². The van der Waals surface area contributed by atoms with E-state index in [1.807, 2.05) is 17.7 Å². The molecule has 0 aliphatic heterocycles. The second-order valence-corrected chi connectivity index (χ2v) is 4.32. The average molecular weight is 211 g/mol. The first-order valence-electron chi connectivity index (χ1n) is 5.58. The first kappa shape index (κ1) is 10.6. The van der Waals surface area contributed by atoms with Crippen molar-refractivity contribution in [1.82, 2.24) is 9.55 Å². The first-order valence-corrected chi connectivity index (χ1v) is 5.58. The summed E-state index contributed by atoms with van der Waals surface area (Å²) in [7, 11) is 0. The van der Waals surface area contributed by atoms with Crippen molar-refractivity contribution in [3.8, 4) is 0 Å². The molecule has 1 fully saturated rings. The Balaban J connectivity index is 2.12. The normalized spacial score (nSPS) is 20.2. The largest absolute Gasteiger partial charge is 0.335 e. The van der Waals surface area contributed by atoms with Crippen LogP contribution < -0.4 is 5.73 Å². The van der Waals surface area contributed by atoms with Gasteiger partial charge in [-0.05, 0) is 25.7 Å². The van der Waals surface area contributed by atoms with Crippen LogP contribution in [0.3, 0.4) is 0 Å². The molecule has 15 heavy (non-hydrogen) atoms. The van der Waals surface area contributed by atoms with Gasteiger partial charge in [-0.25, -0.2) is 9.37 Å². The maximum Gasteiger partial charge on any atom is 0.133 e. The highest BCUT2D eigenvalue weighted by Gasteiger charge is 2.45. The van der Waals surface area contributed by atoms with Crippen molar-refractivity contribution in [1.29, 1.82) is 0 Å². The number of hydrogen-bond donors (Lipinski definition) is 1. The van der Waals surface area contributed by atoms with Crippen molar-refractivity contribution in [2.75, 3.05) is 6.54 Å². The zero-order chi connectivity index (χ0) is 10.9. The van der Waals surface area contributed by atoms with E-state index in [2.05, 4.69) is 4.98 Å². The first-order chi connectivity index (χ1) is 7.19. The summed E-state index contributed by atoms with van der Waals surface area (Å²) in [5, 5.41) is 0. The van der Waals surface area contributed by atoms with E-state index in [-0.39, 0.29) is 12.5 Å². The van der Waals surface area contributed by atoms with Gasteiger partial charge in [0.2, 0.25) is 0 Å². The quantitative estimate of drug-likeness (QED) is 0.802. The molecule has 1 unspecified atom stereocenters. The molecule has 1 heterocycles. The van der Waals surface area contributed by atoms with Crippen molar-refractivity contribution < 1.29 is 4.39 Å². The number of nitrogens with zero attached hydrogens (tertiary/aromatic N) is 2. The molecule has 3 nitrogen and oxygen atoms in total. The molecule has 0 amide bonds. The molecule has 0 saturated heterocycles. The maximum absolute atomic E-state index is 14.4. The fourth-order valence-electron chi connectivity index (χ4n) is 2.04. The number of nitrogens with two attached hydrogens (primary N) is 1. The molecular formula is C11H18FN3. The van der Waals surface area contributed by atoms with Crippen LogP contribution in [0.5, 0.6) is 0 Å². The minimum Gasteiger partial charge on any atom is -0.335 e. The minimum absolute atomic E-state index is 0.105. The zero-order valence-corrected chi connectivity index (χ0v) is 9.12. The highest BCUT2D eigenvalue weighted by molar-refractivity contribution is 5.05. The monoisotopic (exact) mass is 211 g/mol. The number of rotatable bonds is 5. The van der Waals surface area contributed by atoms with E-state index < -0.39 is 5.67 Å². The van der Waals surface area contributed by atoms with Gasteiger partial charge in [0.05, 0.1) is 0 Å². The highest BCUT2D eigenvalue weighted by atomic mass is 19.1. The molecule has 1 atom stereocenters. The second kappa shape index (κ2) is 3.93. The van der Waals surface area contributed by atoms with E-state index in [0.717, 1.165) is 25.2 Å². The van der Waals surface area contributed by atoms with Gasteiger partial charge in [-0.1, -0.05) is 0 Å². The van der Waals surface area contributed by atoms with E-state index in [1.54, 1.807) is 6.20 Å². The Labute approximate surface area is 89.5 Å². The average Bonchev–Trinajstić information content (AvgIpc) is 3.01. The van der Waals surface area contributed by atoms with Gasteiger partial charge in [0.15, 0.2) is 0 Å². The topological polar surface area (TPSA) is 43.8 Å². The summed E-state index contributed by atoms with van der Waals surface area (Å²) in [6.45, 7) is 2.97. The maximum atomic E-state index is 14.4. The standard InChI is InChI=1S/C11H18FN3/c1-2-15-6-5-14-10(15)7-11(12,8-13)9-3-4-9/h5-6,9H,2-4,7-8,13H2,1H3. The lowest BCUT2D eigenvalue weighted by Gasteiger charge is -2.23. The smallest absolute Gasteiger partial charge is 0.133 e. The van der Waals surface area contributed by atoms with Crippen LogP contribution in [0.2, 0.25) is 0 Å². The van der Waals surface area contributed by atoms with Gasteiger partial charge < -0.3 is 10.3 Å². The lowest BCUT2D eigenvalue weighted by Crippen LogP contribution is -2.38. The number of aryl methyl sites for hydroxylation is 1. The van der Waals surface area contributed by atoms with E-state index in [4.69, 9.17) is 5.73 Å². The molecule has 1 aromatic heterocycles. The number of imidazole rings is 1. The Hall–Kier alpha value is -0.900. The third-order valence-electron chi connectivity index (χ3n) is 3.24. The third kappa shape index (κ3) is 2.04. The van der Waals surface area contributed by atoms with Crippen LogP contribution >= 0.6 is 0 Å². The third-order valence-corrected chi connectivity index (χ3v) is 3.24. The lowest BCUT2D eigenvalue weighted by atomic mass is 9.95. The summed E-state index contributed by atoms with van der Waals surface area (Å²) in [6.07, 6.45) is 5.91. The van der Waals surface area contributed by atoms with Crippen molar-refractivity contribution in [3.05, 3.63) is 18.2 Å². The van der Waals surface area contributed by atoms with Gasteiger partial charge in [-0.2, -0.15) is 0 Å². The van der Waals surface area contributed by atoms with Crippen molar-refractivity contribution in [2.24, 2.45) is 11.7 Å². The number of halogens is 1. The summed E-state index contributed by atoms with van der Waals surface area (Å²) in [5.74, 6) is 0.974. The van der Waals surface area contributed by atoms with E-state index in [0.29, 0.717) is 6.42 Å². The fourth-order valence-corrected chi connectivity index (χ4v) is 2.04. The van der Waals surface area contributed by atoms with Crippen LogP contribution in [-0.4, -0.2) is 21.8 Å². The molecule has 0 aromatic carbocycles. The van der Waals surface area contributed by atoms with Gasteiger partial charge >= 0.3 is 0 Å². The molecule has 1 saturated carbocycles. The highest BCUT2D eigenvalue weighted by Crippen LogP contribution is 2.43. The van der Waals surface area contributed by atoms with Gasteiger partial charge in [-0.15, -0.1) is 0 Å². The number of hydrogen-bond acceptors (Lipinski definition) is 2. The van der Waals surface area contributed by atoms with E-state index in [9.17, 15) is 4.39 Å². The van der Waals surface area contributed by atoms with Crippen LogP contribution in [0.1, 0.15) is 25.6 Å². The molecule has 1 aliphatic carbocycles. The molecule has 0 spiro atoms. The van der Waals surface area contributed by atoms with E-state index in [1.165, 1.54) is 0 Å². The summed E-state index contributed by atoms with van der Waals surface area (Å²) >= 11 is 0. The predicted octanol–water partition coefficient (Wildman–Crippen LogP) is 1.52. The van der Waals surface area contributed by atoms with E-state index >= 15 is 0 Å². The minimum atomic E-state index is -1.24. The van der Waals surface area contributed by atoms with Crippen LogP contribution in [-0.2, 0) is 13.0 Å². The Bertz CT molecular complexity index is 332. The van der Waals surface area contributed by atoms with Crippen molar-refractivity contribution in [3.63, 3.8) is 0 Å². The molecule has 2 rings (SSSR count). The van der Waals surface area contributed by atoms with Crippen LogP contribution in [0.4, 0.5) is 4.39 Å². The molecule has 4 heteroatoms. The molecule has 1 aliphatic rings. The Kier molecular flexibility index (Phi) is 2.78. The Morgan fingerprint density at radius 1 is 1.67 bits per heavy atom. The van der Waals surface area contributed by atoms with Crippen LogP contribution in [0.25, 0.3) is 0 Å². The second-order valence-electron chi connectivity index (χ2n) is 4.32. The summed E-state index contributed by atoms with van der Waals surface area (Å²) < 4.78 is 16.4. The SMILES string of the molecule is CCn1ccnc1CC(F)(CN)C1CC1. The van der Waals surface area contributed by atoms with Gasteiger partial charge in [0.25, 0.3) is 0 Å². The summed E-state index contributed by atoms with van der Waals surface area (Å²) in [5.41, 5.74) is 4.31. The predicted molar refractivity (Wildman–Crippen MR) is 57.2 cm³/mol.